The number of amidine groups is 1. The van der Waals surface area contributed by atoms with Gasteiger partial charge >= 0.3 is 0 Å². The summed E-state index contributed by atoms with van der Waals surface area (Å²) >= 11 is 0. The van der Waals surface area contributed by atoms with E-state index >= 15 is 0 Å². The maximum Gasteiger partial charge on any atom is 0.108 e. The number of methoxy groups -OCH3 is 1. The van der Waals surface area contributed by atoms with Crippen LogP contribution in [0.1, 0.15) is 19.8 Å². The van der Waals surface area contributed by atoms with Crippen LogP contribution in [0.25, 0.3) is 0 Å². The number of hydrogen-bond donors (Lipinski definition) is 2. The van der Waals surface area contributed by atoms with E-state index in [0.717, 1.165) is 19.7 Å². The molecule has 0 aromatic carbocycles. The summed E-state index contributed by atoms with van der Waals surface area (Å²) in [5, 5.41) is 7.41. The van der Waals surface area contributed by atoms with Crippen molar-refractivity contribution in [3.05, 3.63) is 0 Å². The molecule has 0 aromatic rings. The molecular weight excluding hydrogens is 178 g/mol. The van der Waals surface area contributed by atoms with E-state index in [9.17, 15) is 0 Å². The Labute approximate surface area is 85.9 Å². The van der Waals surface area contributed by atoms with E-state index in [0.29, 0.717) is 5.92 Å². The second-order valence-corrected chi connectivity index (χ2v) is 4.09. The first-order valence-corrected chi connectivity index (χ1v) is 5.22. The average Bonchev–Trinajstić information content (AvgIpc) is 2.17. The summed E-state index contributed by atoms with van der Waals surface area (Å²) in [6.07, 6.45) is 2.42. The second-order valence-electron chi connectivity index (χ2n) is 4.09. The molecule has 0 aliphatic carbocycles. The number of nitrogens with zero attached hydrogens (tertiary/aromatic N) is 1. The van der Waals surface area contributed by atoms with Crippen LogP contribution in [0.3, 0.4) is 0 Å². The number of likely N-dealkylation sites (tertiary alicyclic amines) is 1. The van der Waals surface area contributed by atoms with Gasteiger partial charge in [0.25, 0.3) is 0 Å². The molecule has 2 atom stereocenters. The third-order valence-electron chi connectivity index (χ3n) is 2.95. The highest BCUT2D eigenvalue weighted by molar-refractivity contribution is 5.82. The van der Waals surface area contributed by atoms with E-state index in [-0.39, 0.29) is 11.9 Å². The Morgan fingerprint density at radius 3 is 3.00 bits per heavy atom. The SMILES string of the molecule is COCC1CCCN(C(C)C(=N)N)C1. The molecule has 0 saturated carbocycles. The lowest BCUT2D eigenvalue weighted by Gasteiger charge is -2.35. The molecule has 0 bridgehead atoms. The van der Waals surface area contributed by atoms with Crippen molar-refractivity contribution in [1.29, 1.82) is 5.41 Å². The van der Waals surface area contributed by atoms with Gasteiger partial charge in [-0.15, -0.1) is 0 Å². The van der Waals surface area contributed by atoms with Gasteiger partial charge in [-0.3, -0.25) is 10.3 Å². The zero-order valence-electron chi connectivity index (χ0n) is 9.12. The van der Waals surface area contributed by atoms with E-state index in [1.165, 1.54) is 12.8 Å². The smallest absolute Gasteiger partial charge is 0.108 e. The zero-order valence-corrected chi connectivity index (χ0v) is 9.12. The van der Waals surface area contributed by atoms with Crippen LogP contribution in [0.5, 0.6) is 0 Å². The van der Waals surface area contributed by atoms with Crippen LogP contribution in [0.4, 0.5) is 0 Å². The summed E-state index contributed by atoms with van der Waals surface area (Å²) in [7, 11) is 1.74. The van der Waals surface area contributed by atoms with Gasteiger partial charge < -0.3 is 10.5 Å². The Morgan fingerprint density at radius 2 is 2.43 bits per heavy atom. The maximum atomic E-state index is 7.41. The molecule has 0 spiro atoms. The normalized spacial score (nSPS) is 26.0. The Kier molecular flexibility index (Phi) is 4.35. The van der Waals surface area contributed by atoms with Crippen molar-refractivity contribution in [2.24, 2.45) is 11.7 Å². The van der Waals surface area contributed by atoms with Gasteiger partial charge in [0, 0.05) is 13.7 Å². The molecule has 0 aromatic heterocycles. The first-order chi connectivity index (χ1) is 6.65. The van der Waals surface area contributed by atoms with Gasteiger partial charge in [0.05, 0.1) is 12.6 Å². The predicted molar refractivity (Wildman–Crippen MR) is 57.5 cm³/mol. The Bertz CT molecular complexity index is 194. The third-order valence-corrected chi connectivity index (χ3v) is 2.95. The van der Waals surface area contributed by atoms with Crippen LogP contribution in [-0.2, 0) is 4.74 Å². The third kappa shape index (κ3) is 2.96. The molecule has 1 aliphatic heterocycles. The van der Waals surface area contributed by atoms with Crippen molar-refractivity contribution in [3.8, 4) is 0 Å². The summed E-state index contributed by atoms with van der Waals surface area (Å²) in [5.74, 6) is 0.874. The number of ether oxygens (including phenoxy) is 1. The first-order valence-electron chi connectivity index (χ1n) is 5.22. The second kappa shape index (κ2) is 5.32. The van der Waals surface area contributed by atoms with Gasteiger partial charge in [-0.2, -0.15) is 0 Å². The summed E-state index contributed by atoms with van der Waals surface area (Å²) in [6, 6.07) is 0.0784. The molecule has 14 heavy (non-hydrogen) atoms. The van der Waals surface area contributed by atoms with E-state index in [4.69, 9.17) is 15.9 Å². The minimum atomic E-state index is 0.0784. The number of piperidine rings is 1. The van der Waals surface area contributed by atoms with Gasteiger partial charge in [0.2, 0.25) is 0 Å². The van der Waals surface area contributed by atoms with Gasteiger partial charge in [0.1, 0.15) is 5.84 Å². The quantitative estimate of drug-likeness (QED) is 0.516. The highest BCUT2D eigenvalue weighted by Crippen LogP contribution is 2.18. The van der Waals surface area contributed by atoms with Gasteiger partial charge in [-0.1, -0.05) is 0 Å². The fourth-order valence-electron chi connectivity index (χ4n) is 2.02. The summed E-state index contributed by atoms with van der Waals surface area (Å²) in [6.45, 7) is 4.88. The standard InChI is InChI=1S/C10H21N3O/c1-8(10(11)12)13-5-3-4-9(6-13)7-14-2/h8-9H,3-7H2,1-2H3,(H3,11,12). The average molecular weight is 199 g/mol. The van der Waals surface area contributed by atoms with E-state index in [1.807, 2.05) is 6.92 Å². The highest BCUT2D eigenvalue weighted by Gasteiger charge is 2.24. The number of nitrogens with two attached hydrogens (primary N) is 1. The molecule has 3 N–H and O–H groups in total. The molecule has 4 nitrogen and oxygen atoms in total. The fraction of sp³-hybridized carbons (Fsp3) is 0.900. The molecule has 82 valence electrons. The minimum absolute atomic E-state index is 0.0784. The molecule has 1 heterocycles. The van der Waals surface area contributed by atoms with Crippen molar-refractivity contribution in [2.75, 3.05) is 26.8 Å². The van der Waals surface area contributed by atoms with Crippen LogP contribution >= 0.6 is 0 Å². The van der Waals surface area contributed by atoms with E-state index in [2.05, 4.69) is 4.90 Å². The van der Waals surface area contributed by atoms with Crippen molar-refractivity contribution < 1.29 is 4.74 Å². The molecule has 0 radical (unpaired) electrons. The van der Waals surface area contributed by atoms with Crippen molar-refractivity contribution >= 4 is 5.84 Å². The lowest BCUT2D eigenvalue weighted by Crippen LogP contribution is -2.47. The van der Waals surface area contributed by atoms with Crippen molar-refractivity contribution in [3.63, 3.8) is 0 Å². The molecule has 4 heteroatoms. The summed E-state index contributed by atoms with van der Waals surface area (Å²) in [5.41, 5.74) is 5.50. The van der Waals surface area contributed by atoms with E-state index < -0.39 is 0 Å². The van der Waals surface area contributed by atoms with Crippen LogP contribution in [0.2, 0.25) is 0 Å². The Balaban J connectivity index is 2.43. The first kappa shape index (κ1) is 11.5. The van der Waals surface area contributed by atoms with Gasteiger partial charge in [-0.25, -0.2) is 0 Å². The molecule has 1 aliphatic rings. The largest absolute Gasteiger partial charge is 0.386 e. The molecule has 1 fully saturated rings. The molecule has 1 saturated heterocycles. The monoisotopic (exact) mass is 199 g/mol. The summed E-state index contributed by atoms with van der Waals surface area (Å²) in [4.78, 5) is 2.27. The number of rotatable bonds is 4. The number of hydrogen-bond acceptors (Lipinski definition) is 3. The van der Waals surface area contributed by atoms with Gasteiger partial charge in [0.15, 0.2) is 0 Å². The minimum Gasteiger partial charge on any atom is -0.386 e. The number of nitrogens with one attached hydrogen (secondary N) is 1. The predicted octanol–water partition coefficient (Wildman–Crippen LogP) is 0.669. The molecular formula is C10H21N3O. The van der Waals surface area contributed by atoms with E-state index in [1.54, 1.807) is 7.11 Å². The Morgan fingerprint density at radius 1 is 1.71 bits per heavy atom. The molecule has 2 unspecified atom stereocenters. The van der Waals surface area contributed by atoms with Crippen LogP contribution in [0.15, 0.2) is 0 Å². The lowest BCUT2D eigenvalue weighted by molar-refractivity contribution is 0.0845. The van der Waals surface area contributed by atoms with Crippen LogP contribution in [0, 0.1) is 11.3 Å². The topological polar surface area (TPSA) is 62.3 Å². The summed E-state index contributed by atoms with van der Waals surface area (Å²) < 4.78 is 5.16. The molecule has 1 rings (SSSR count). The molecule has 0 amide bonds. The van der Waals surface area contributed by atoms with Crippen LogP contribution in [-0.4, -0.2) is 43.6 Å². The van der Waals surface area contributed by atoms with Crippen LogP contribution < -0.4 is 5.73 Å². The lowest BCUT2D eigenvalue weighted by atomic mass is 9.97. The Hall–Kier alpha value is -0.610. The zero-order chi connectivity index (χ0) is 10.6. The van der Waals surface area contributed by atoms with Crippen molar-refractivity contribution in [2.45, 2.75) is 25.8 Å². The van der Waals surface area contributed by atoms with Crippen molar-refractivity contribution in [1.82, 2.24) is 4.90 Å². The highest BCUT2D eigenvalue weighted by atomic mass is 16.5. The fourth-order valence-corrected chi connectivity index (χ4v) is 2.02. The van der Waals surface area contributed by atoms with Gasteiger partial charge in [-0.05, 0) is 32.2 Å². The maximum absolute atomic E-state index is 7.41.